The summed E-state index contributed by atoms with van der Waals surface area (Å²) in [5, 5.41) is 3.17. The topological polar surface area (TPSA) is 79.1 Å². The number of carbonyl (C=O) groups is 2. The zero-order chi connectivity index (χ0) is 26.1. The smallest absolute Gasteiger partial charge is 0.294 e. The van der Waals surface area contributed by atoms with Crippen molar-refractivity contribution in [2.45, 2.75) is 33.2 Å². The summed E-state index contributed by atoms with van der Waals surface area (Å²) < 4.78 is 16.5. The van der Waals surface area contributed by atoms with Crippen LogP contribution in [0.15, 0.2) is 83.9 Å². The van der Waals surface area contributed by atoms with Gasteiger partial charge in [-0.25, -0.2) is 9.07 Å². The van der Waals surface area contributed by atoms with Crippen LogP contribution in [0.4, 0.5) is 4.39 Å². The van der Waals surface area contributed by atoms with Crippen molar-refractivity contribution in [1.82, 2.24) is 14.7 Å². The molecule has 8 heteroatoms. The number of aromatic amines is 1. The molecule has 0 spiro atoms. The van der Waals surface area contributed by atoms with Gasteiger partial charge in [-0.05, 0) is 49.2 Å². The number of nitrogens with one attached hydrogen (secondary N) is 1. The summed E-state index contributed by atoms with van der Waals surface area (Å²) >= 11 is 0. The van der Waals surface area contributed by atoms with Gasteiger partial charge < -0.3 is 0 Å². The zero-order valence-corrected chi connectivity index (χ0v) is 20.6. The molecule has 37 heavy (non-hydrogen) atoms. The van der Waals surface area contributed by atoms with Crippen LogP contribution >= 0.6 is 0 Å². The first-order valence-electron chi connectivity index (χ1n) is 12.1. The lowest BCUT2D eigenvalue weighted by Crippen LogP contribution is -2.39. The summed E-state index contributed by atoms with van der Waals surface area (Å²) in [6, 6.07) is 18.4. The molecule has 5 rings (SSSR count). The Morgan fingerprint density at radius 1 is 0.919 bits per heavy atom. The van der Waals surface area contributed by atoms with Crippen molar-refractivity contribution >= 4 is 23.1 Å². The third kappa shape index (κ3) is 4.42. The Morgan fingerprint density at radius 2 is 1.65 bits per heavy atom. The van der Waals surface area contributed by atoms with Gasteiger partial charge in [0, 0.05) is 17.3 Å². The highest BCUT2D eigenvalue weighted by molar-refractivity contribution is 6.44. The van der Waals surface area contributed by atoms with E-state index in [-0.39, 0.29) is 23.4 Å². The van der Waals surface area contributed by atoms with Crippen LogP contribution in [0.1, 0.15) is 35.7 Å². The van der Waals surface area contributed by atoms with Gasteiger partial charge in [0.15, 0.2) is 12.4 Å². The number of imide groups is 1. The van der Waals surface area contributed by atoms with E-state index in [9.17, 15) is 18.8 Å². The first-order valence-corrected chi connectivity index (χ1v) is 12.1. The van der Waals surface area contributed by atoms with Crippen LogP contribution in [0.25, 0.3) is 17.0 Å². The Morgan fingerprint density at radius 3 is 2.32 bits per heavy atom. The Hall–Kier alpha value is -4.59. The van der Waals surface area contributed by atoms with Gasteiger partial charge in [0.2, 0.25) is 0 Å². The minimum Gasteiger partial charge on any atom is -0.294 e. The van der Waals surface area contributed by atoms with Gasteiger partial charge in [-0.1, -0.05) is 43.7 Å². The fraction of sp³-hybridized carbons (Fsp3) is 0.172. The summed E-state index contributed by atoms with van der Waals surface area (Å²) in [4.78, 5) is 42.6. The quantitative estimate of drug-likeness (QED) is 0.312. The number of halogens is 1. The van der Waals surface area contributed by atoms with Crippen LogP contribution < -0.4 is 10.1 Å². The van der Waals surface area contributed by atoms with Gasteiger partial charge in [0.05, 0.1) is 17.8 Å². The number of benzene rings is 2. The molecule has 4 aromatic rings. The molecule has 0 saturated carbocycles. The molecular weight excluding hydrogens is 471 g/mol. The molecule has 2 amide bonds. The van der Waals surface area contributed by atoms with E-state index in [1.54, 1.807) is 35.2 Å². The number of hydrogen-bond acceptors (Lipinski definition) is 3. The van der Waals surface area contributed by atoms with Crippen LogP contribution in [0, 0.1) is 12.7 Å². The largest absolute Gasteiger partial charge is 0.327 e. The standard InChI is InChI=1S/C29H25FN4O3/c1-3-8-23-24(28(36)34(31-23)22-10-5-4-6-11-22)25-26(32-16-7-9-19(2)17-32)29(37)33(27(25)35)18-20-12-14-21(30)15-13-20/h4-7,9-17H,3,8,18H2,1-2H3/p+1. The van der Waals surface area contributed by atoms with Crippen molar-refractivity contribution in [3.8, 4) is 5.69 Å². The van der Waals surface area contributed by atoms with Gasteiger partial charge in [-0.2, -0.15) is 4.57 Å². The number of aromatic nitrogens is 3. The predicted octanol–water partition coefficient (Wildman–Crippen LogP) is 3.79. The van der Waals surface area contributed by atoms with Crippen LogP contribution in [0.3, 0.4) is 0 Å². The number of rotatable bonds is 7. The molecule has 7 nitrogen and oxygen atoms in total. The number of pyridine rings is 1. The molecule has 0 bridgehead atoms. The molecule has 1 aliphatic rings. The van der Waals surface area contributed by atoms with Crippen LogP contribution in [-0.2, 0) is 22.6 Å². The van der Waals surface area contributed by atoms with Crippen molar-refractivity contribution < 1.29 is 18.5 Å². The summed E-state index contributed by atoms with van der Waals surface area (Å²) in [7, 11) is 0. The molecule has 0 saturated heterocycles. The minimum atomic E-state index is -0.563. The van der Waals surface area contributed by atoms with Crippen LogP contribution in [-0.4, -0.2) is 26.5 Å². The molecule has 186 valence electrons. The molecule has 3 heterocycles. The van der Waals surface area contributed by atoms with E-state index in [0.29, 0.717) is 23.4 Å². The monoisotopic (exact) mass is 497 g/mol. The minimum absolute atomic E-state index is 0.0439. The Labute approximate surface area is 213 Å². The third-order valence-corrected chi connectivity index (χ3v) is 6.33. The third-order valence-electron chi connectivity index (χ3n) is 6.33. The van der Waals surface area contributed by atoms with Gasteiger partial charge >= 0.3 is 5.91 Å². The fourth-order valence-corrected chi connectivity index (χ4v) is 4.61. The second kappa shape index (κ2) is 9.81. The zero-order valence-electron chi connectivity index (χ0n) is 20.6. The number of nitrogens with zero attached hydrogens (tertiary/aromatic N) is 3. The van der Waals surface area contributed by atoms with E-state index in [1.807, 2.05) is 38.1 Å². The summed E-state index contributed by atoms with van der Waals surface area (Å²) in [5.41, 5.74) is 2.66. The molecule has 0 unspecified atom stereocenters. The highest BCUT2D eigenvalue weighted by Gasteiger charge is 2.47. The lowest BCUT2D eigenvalue weighted by atomic mass is 10.0. The summed E-state index contributed by atoms with van der Waals surface area (Å²) in [5.74, 6) is -1.49. The van der Waals surface area contributed by atoms with E-state index in [2.05, 4.69) is 5.10 Å². The highest BCUT2D eigenvalue weighted by atomic mass is 19.1. The maximum absolute atomic E-state index is 13.9. The molecule has 0 atom stereocenters. The summed E-state index contributed by atoms with van der Waals surface area (Å²) in [6.45, 7) is 3.82. The van der Waals surface area contributed by atoms with E-state index in [0.717, 1.165) is 16.9 Å². The van der Waals surface area contributed by atoms with Crippen molar-refractivity contribution in [3.63, 3.8) is 0 Å². The van der Waals surface area contributed by atoms with E-state index in [1.165, 1.54) is 28.9 Å². The molecule has 2 aromatic heterocycles. The van der Waals surface area contributed by atoms with Crippen molar-refractivity contribution in [2.24, 2.45) is 0 Å². The first-order chi connectivity index (χ1) is 17.9. The molecule has 1 aliphatic heterocycles. The number of H-pyrrole nitrogens is 1. The van der Waals surface area contributed by atoms with E-state index < -0.39 is 23.2 Å². The van der Waals surface area contributed by atoms with E-state index >= 15 is 0 Å². The van der Waals surface area contributed by atoms with Crippen LogP contribution in [0.2, 0.25) is 0 Å². The molecule has 2 aromatic carbocycles. The van der Waals surface area contributed by atoms with Gasteiger partial charge in [0.1, 0.15) is 11.4 Å². The fourth-order valence-electron chi connectivity index (χ4n) is 4.61. The predicted molar refractivity (Wildman–Crippen MR) is 137 cm³/mol. The lowest BCUT2D eigenvalue weighted by molar-refractivity contribution is -0.577. The molecule has 0 aliphatic carbocycles. The highest BCUT2D eigenvalue weighted by Crippen LogP contribution is 2.31. The SMILES string of the molecule is CCCc1[nH]n(-c2ccccc2)c(=O)c1C1=C([n+]2cccc(C)c2)C(=O)N(Cc2ccc(F)cc2)C1=O. The van der Waals surface area contributed by atoms with E-state index in [4.69, 9.17) is 0 Å². The van der Waals surface area contributed by atoms with Crippen molar-refractivity contribution in [1.29, 1.82) is 0 Å². The normalized spacial score (nSPS) is 13.6. The van der Waals surface area contributed by atoms with Crippen molar-refractivity contribution in [2.75, 3.05) is 0 Å². The van der Waals surface area contributed by atoms with Gasteiger partial charge in [-0.15, -0.1) is 0 Å². The van der Waals surface area contributed by atoms with Gasteiger partial charge in [-0.3, -0.25) is 24.4 Å². The number of carbonyl (C=O) groups excluding carboxylic acids is 2. The molecule has 1 N–H and O–H groups in total. The number of hydrogen-bond donors (Lipinski definition) is 1. The molecular formula is C29H26FN4O3+. The number of amides is 2. The molecule has 0 radical (unpaired) electrons. The Kier molecular flexibility index (Phi) is 6.40. The average molecular weight is 498 g/mol. The second-order valence-electron chi connectivity index (χ2n) is 9.03. The second-order valence-corrected chi connectivity index (χ2v) is 9.03. The maximum Gasteiger partial charge on any atom is 0.327 e. The maximum atomic E-state index is 13.9. The van der Waals surface area contributed by atoms with Crippen LogP contribution in [0.5, 0.6) is 0 Å². The Bertz CT molecular complexity index is 1580. The van der Waals surface area contributed by atoms with Gasteiger partial charge in [0.25, 0.3) is 17.2 Å². The lowest BCUT2D eigenvalue weighted by Gasteiger charge is -2.14. The van der Waals surface area contributed by atoms with Crippen molar-refractivity contribution in [3.05, 3.63) is 118 Å². The average Bonchev–Trinajstić information content (AvgIpc) is 3.33. The Balaban J connectivity index is 1.72. The first kappa shape index (κ1) is 24.1. The number of aryl methyl sites for hydroxylation is 2. The number of para-hydroxylation sites is 1. The molecule has 0 fully saturated rings. The summed E-state index contributed by atoms with van der Waals surface area (Å²) in [6.07, 6.45) is 4.68.